The minimum Gasteiger partial charge on any atom is -0.383 e. The third-order valence-corrected chi connectivity index (χ3v) is 7.63. The van der Waals surface area contributed by atoms with Crippen LogP contribution < -0.4 is 4.90 Å². The molecule has 0 bridgehead atoms. The Morgan fingerprint density at radius 1 is 1.24 bits per heavy atom. The van der Waals surface area contributed by atoms with Crippen LogP contribution in [0, 0.1) is 5.82 Å². The van der Waals surface area contributed by atoms with E-state index in [1.165, 1.54) is 22.5 Å². The van der Waals surface area contributed by atoms with Gasteiger partial charge in [-0.25, -0.2) is 17.5 Å². The fourth-order valence-corrected chi connectivity index (χ4v) is 5.65. The van der Waals surface area contributed by atoms with Gasteiger partial charge in [0.1, 0.15) is 11.6 Å². The molecular formula is C19H23FN4O4S. The molecule has 1 aromatic carbocycles. The van der Waals surface area contributed by atoms with Gasteiger partial charge in [-0.05, 0) is 31.0 Å². The van der Waals surface area contributed by atoms with Crippen LogP contribution in [0.15, 0.2) is 41.4 Å². The maximum absolute atomic E-state index is 13.5. The predicted octanol–water partition coefficient (Wildman–Crippen LogP) is 1.59. The summed E-state index contributed by atoms with van der Waals surface area (Å²) in [6.07, 6.45) is 2.84. The number of ether oxygens (including phenoxy) is 1. The van der Waals surface area contributed by atoms with E-state index in [9.17, 15) is 17.6 Å². The standard InChI is InChI=1S/C19H23FN4O4S/c1-28-12-11-23-17-5-8-21-24(17)19(14-18(23)25)6-9-22(10-7-19)29(26,27)16-4-2-3-15(20)13-16/h2-5,8,13H,6-7,9-12,14H2,1H3. The maximum Gasteiger partial charge on any atom is 0.243 e. The molecule has 4 rings (SSSR count). The van der Waals surface area contributed by atoms with Gasteiger partial charge in [-0.1, -0.05) is 6.07 Å². The van der Waals surface area contributed by atoms with E-state index in [0.29, 0.717) is 31.8 Å². The Hall–Kier alpha value is -2.30. The molecule has 8 nitrogen and oxygen atoms in total. The fourth-order valence-electron chi connectivity index (χ4n) is 4.18. The quantitative estimate of drug-likeness (QED) is 0.731. The third kappa shape index (κ3) is 3.45. The SMILES string of the molecule is COCCN1C(=O)CC2(CCN(S(=O)(=O)c3cccc(F)c3)CC2)n2nccc21. The average molecular weight is 422 g/mol. The number of rotatable bonds is 5. The summed E-state index contributed by atoms with van der Waals surface area (Å²) >= 11 is 0. The van der Waals surface area contributed by atoms with Crippen LogP contribution in [0.3, 0.4) is 0 Å². The molecule has 0 radical (unpaired) electrons. The Bertz CT molecular complexity index is 1010. The highest BCUT2D eigenvalue weighted by Gasteiger charge is 2.47. The largest absolute Gasteiger partial charge is 0.383 e. The lowest BCUT2D eigenvalue weighted by Crippen LogP contribution is -2.55. The molecule has 3 heterocycles. The minimum absolute atomic E-state index is 0.0171. The summed E-state index contributed by atoms with van der Waals surface area (Å²) in [7, 11) is -2.20. The van der Waals surface area contributed by atoms with Crippen LogP contribution in [0.5, 0.6) is 0 Å². The number of fused-ring (bicyclic) bond motifs is 2. The molecule has 0 saturated carbocycles. The van der Waals surface area contributed by atoms with Crippen molar-refractivity contribution >= 4 is 21.7 Å². The highest BCUT2D eigenvalue weighted by Crippen LogP contribution is 2.41. The Morgan fingerprint density at radius 2 is 2.00 bits per heavy atom. The van der Waals surface area contributed by atoms with E-state index in [4.69, 9.17) is 4.74 Å². The molecule has 2 aliphatic rings. The van der Waals surface area contributed by atoms with Gasteiger partial charge in [0.15, 0.2) is 0 Å². The minimum atomic E-state index is -3.79. The molecule has 1 aromatic heterocycles. The lowest BCUT2D eigenvalue weighted by atomic mass is 9.83. The van der Waals surface area contributed by atoms with Crippen molar-refractivity contribution in [3.63, 3.8) is 0 Å². The zero-order valence-corrected chi connectivity index (χ0v) is 16.9. The third-order valence-electron chi connectivity index (χ3n) is 5.74. The maximum atomic E-state index is 13.5. The van der Waals surface area contributed by atoms with Crippen molar-refractivity contribution in [2.75, 3.05) is 38.3 Å². The number of methoxy groups -OCH3 is 1. The number of halogens is 1. The number of hydrogen-bond donors (Lipinski definition) is 0. The van der Waals surface area contributed by atoms with Crippen LogP contribution >= 0.6 is 0 Å². The zero-order valence-electron chi connectivity index (χ0n) is 16.1. The normalized spacial score (nSPS) is 19.5. The molecule has 1 amide bonds. The molecule has 10 heteroatoms. The van der Waals surface area contributed by atoms with Gasteiger partial charge in [0.25, 0.3) is 0 Å². The van der Waals surface area contributed by atoms with Crippen LogP contribution in [0.25, 0.3) is 0 Å². The highest BCUT2D eigenvalue weighted by molar-refractivity contribution is 7.89. The number of amides is 1. The van der Waals surface area contributed by atoms with Gasteiger partial charge < -0.3 is 4.74 Å². The van der Waals surface area contributed by atoms with Crippen molar-refractivity contribution < 1.29 is 22.3 Å². The van der Waals surface area contributed by atoms with Gasteiger partial charge in [0, 0.05) is 26.3 Å². The second-order valence-electron chi connectivity index (χ2n) is 7.40. The molecule has 156 valence electrons. The first-order chi connectivity index (χ1) is 13.9. The van der Waals surface area contributed by atoms with Crippen LogP contribution in [0.1, 0.15) is 19.3 Å². The number of benzene rings is 1. The number of hydrogen-bond acceptors (Lipinski definition) is 5. The Kier molecular flexibility index (Phi) is 5.18. The second kappa shape index (κ2) is 7.51. The van der Waals surface area contributed by atoms with Gasteiger partial charge in [-0.3, -0.25) is 9.69 Å². The first-order valence-electron chi connectivity index (χ1n) is 9.47. The van der Waals surface area contributed by atoms with Gasteiger partial charge >= 0.3 is 0 Å². The molecule has 29 heavy (non-hydrogen) atoms. The van der Waals surface area contributed by atoms with Gasteiger partial charge in [-0.15, -0.1) is 0 Å². The summed E-state index contributed by atoms with van der Waals surface area (Å²) in [4.78, 5) is 14.4. The number of sulfonamides is 1. The summed E-state index contributed by atoms with van der Waals surface area (Å²) < 4.78 is 47.6. The first kappa shape index (κ1) is 20.0. The zero-order chi connectivity index (χ0) is 20.6. The highest BCUT2D eigenvalue weighted by atomic mass is 32.2. The van der Waals surface area contributed by atoms with Crippen LogP contribution in [0.2, 0.25) is 0 Å². The van der Waals surface area contributed by atoms with E-state index in [1.54, 1.807) is 24.3 Å². The van der Waals surface area contributed by atoms with E-state index in [1.807, 2.05) is 4.68 Å². The van der Waals surface area contributed by atoms with E-state index in [2.05, 4.69) is 5.10 Å². The average Bonchev–Trinajstić information content (AvgIpc) is 3.19. The Balaban J connectivity index is 1.56. The van der Waals surface area contributed by atoms with Crippen LogP contribution in [-0.4, -0.2) is 61.8 Å². The molecule has 1 saturated heterocycles. The van der Waals surface area contributed by atoms with Gasteiger partial charge in [-0.2, -0.15) is 9.40 Å². The summed E-state index contributed by atoms with van der Waals surface area (Å²) in [5, 5.41) is 4.45. The van der Waals surface area contributed by atoms with Crippen LogP contribution in [0.4, 0.5) is 10.2 Å². The van der Waals surface area contributed by atoms with E-state index >= 15 is 0 Å². The summed E-state index contributed by atoms with van der Waals surface area (Å²) in [5.74, 6) is 0.103. The van der Waals surface area contributed by atoms with E-state index in [0.717, 1.165) is 6.07 Å². The van der Waals surface area contributed by atoms with Gasteiger partial charge in [0.05, 0.1) is 36.2 Å². The molecule has 1 fully saturated rings. The lowest BCUT2D eigenvalue weighted by Gasteiger charge is -2.46. The molecule has 2 aliphatic heterocycles. The molecule has 0 unspecified atom stereocenters. The van der Waals surface area contributed by atoms with E-state index < -0.39 is 21.4 Å². The van der Waals surface area contributed by atoms with Crippen molar-refractivity contribution in [1.82, 2.24) is 14.1 Å². The lowest BCUT2D eigenvalue weighted by molar-refractivity contribution is -0.122. The topological polar surface area (TPSA) is 84.7 Å². The van der Waals surface area contributed by atoms with Crippen molar-refractivity contribution in [1.29, 1.82) is 0 Å². The summed E-state index contributed by atoms with van der Waals surface area (Å²) in [6, 6.07) is 6.82. The van der Waals surface area contributed by atoms with Gasteiger partial charge in [0.2, 0.25) is 15.9 Å². The molecule has 0 atom stereocenters. The number of aromatic nitrogens is 2. The van der Waals surface area contributed by atoms with E-state index in [-0.39, 0.29) is 30.3 Å². The Labute approximate surface area is 168 Å². The summed E-state index contributed by atoms with van der Waals surface area (Å²) in [5.41, 5.74) is -0.548. The monoisotopic (exact) mass is 422 g/mol. The number of carbonyl (C=O) groups excluding carboxylic acids is 1. The molecule has 2 aromatic rings. The smallest absolute Gasteiger partial charge is 0.243 e. The van der Waals surface area contributed by atoms with Crippen molar-refractivity contribution in [3.8, 4) is 0 Å². The Morgan fingerprint density at radius 3 is 2.69 bits per heavy atom. The number of nitrogens with zero attached hydrogens (tertiary/aromatic N) is 4. The number of carbonyl (C=O) groups is 1. The van der Waals surface area contributed by atoms with Crippen molar-refractivity contribution in [2.24, 2.45) is 0 Å². The molecule has 0 aliphatic carbocycles. The number of anilines is 1. The fraction of sp³-hybridized carbons (Fsp3) is 0.474. The van der Waals surface area contributed by atoms with Crippen molar-refractivity contribution in [3.05, 3.63) is 42.3 Å². The first-order valence-corrected chi connectivity index (χ1v) is 10.9. The molecular weight excluding hydrogens is 399 g/mol. The molecule has 1 spiro atoms. The predicted molar refractivity (Wildman–Crippen MR) is 103 cm³/mol. The number of piperidine rings is 1. The van der Waals surface area contributed by atoms with Crippen LogP contribution in [-0.2, 0) is 25.1 Å². The summed E-state index contributed by atoms with van der Waals surface area (Å²) in [6.45, 7) is 1.34. The second-order valence-corrected chi connectivity index (χ2v) is 9.34. The molecule has 0 N–H and O–H groups in total. The van der Waals surface area contributed by atoms with Crippen molar-refractivity contribution in [2.45, 2.75) is 29.7 Å².